The average molecular weight is 436 g/mol. The zero-order chi connectivity index (χ0) is 23.3. The largest absolute Gasteiger partial charge is 0.465 e. The molecule has 0 fully saturated rings. The summed E-state index contributed by atoms with van der Waals surface area (Å²) in [5, 5.41) is 0. The summed E-state index contributed by atoms with van der Waals surface area (Å²) in [4.78, 5) is 46.1. The molecule has 1 aromatic carbocycles. The number of hydrogen-bond acceptors (Lipinski definition) is 8. The third-order valence-corrected chi connectivity index (χ3v) is 4.90. The number of methoxy groups -OCH3 is 1. The third-order valence-electron chi connectivity index (χ3n) is 4.90. The highest BCUT2D eigenvalue weighted by molar-refractivity contribution is 5.99. The van der Waals surface area contributed by atoms with Crippen molar-refractivity contribution in [2.45, 2.75) is 13.8 Å². The molecule has 3 rings (SSSR count). The predicted molar refractivity (Wildman–Crippen MR) is 117 cm³/mol. The molecule has 3 aromatic rings. The first kappa shape index (κ1) is 22.7. The molecule has 0 unspecified atom stereocenters. The summed E-state index contributed by atoms with van der Waals surface area (Å²) in [5.41, 5.74) is 3.25. The molecule has 0 aliphatic rings. The zero-order valence-corrected chi connectivity index (χ0v) is 18.4. The van der Waals surface area contributed by atoms with Crippen LogP contribution in [0.15, 0.2) is 48.8 Å². The number of benzene rings is 1. The topological polar surface area (TPSA) is 104 Å². The third kappa shape index (κ3) is 5.00. The van der Waals surface area contributed by atoms with Gasteiger partial charge in [-0.2, -0.15) is 0 Å². The second kappa shape index (κ2) is 9.86. The fourth-order valence-corrected chi connectivity index (χ4v) is 3.33. The lowest BCUT2D eigenvalue weighted by Crippen LogP contribution is -2.29. The Morgan fingerprint density at radius 2 is 1.72 bits per heavy atom. The van der Waals surface area contributed by atoms with E-state index >= 15 is 0 Å². The summed E-state index contributed by atoms with van der Waals surface area (Å²) in [6.07, 6.45) is 3.15. The van der Waals surface area contributed by atoms with Gasteiger partial charge in [-0.05, 0) is 50.2 Å². The number of hydrogen-bond donors (Lipinski definition) is 0. The summed E-state index contributed by atoms with van der Waals surface area (Å²) < 4.78 is 11.8. The lowest BCUT2D eigenvalue weighted by Gasteiger charge is -2.15. The van der Waals surface area contributed by atoms with Crippen LogP contribution in [-0.2, 0) is 14.3 Å². The predicted octanol–water partition coefficient (Wildman–Crippen LogP) is 2.53. The van der Waals surface area contributed by atoms with E-state index in [0.29, 0.717) is 22.8 Å². The molecule has 0 saturated carbocycles. The highest BCUT2D eigenvalue weighted by Gasteiger charge is 2.19. The van der Waals surface area contributed by atoms with E-state index in [-0.39, 0.29) is 18.9 Å². The van der Waals surface area contributed by atoms with Gasteiger partial charge in [0.1, 0.15) is 6.54 Å². The Kier molecular flexibility index (Phi) is 6.99. The van der Waals surface area contributed by atoms with E-state index in [2.05, 4.69) is 9.97 Å². The van der Waals surface area contributed by atoms with Crippen molar-refractivity contribution in [3.05, 3.63) is 71.3 Å². The van der Waals surface area contributed by atoms with E-state index in [4.69, 9.17) is 9.47 Å². The van der Waals surface area contributed by atoms with Crippen molar-refractivity contribution >= 4 is 23.7 Å². The molecule has 9 nitrogen and oxygen atoms in total. The first-order chi connectivity index (χ1) is 15.3. The van der Waals surface area contributed by atoms with Crippen molar-refractivity contribution < 1.29 is 23.9 Å². The monoisotopic (exact) mass is 436 g/mol. The number of nitrogens with zero attached hydrogens (tertiary/aromatic N) is 4. The minimum Gasteiger partial charge on any atom is -0.465 e. The normalized spacial score (nSPS) is 10.5. The van der Waals surface area contributed by atoms with Crippen molar-refractivity contribution in [2.75, 3.05) is 32.2 Å². The maximum Gasteiger partial charge on any atom is 0.337 e. The van der Waals surface area contributed by atoms with Crippen LogP contribution in [0, 0.1) is 13.8 Å². The molecular weight excluding hydrogens is 412 g/mol. The van der Waals surface area contributed by atoms with Crippen LogP contribution in [0.2, 0.25) is 0 Å². The van der Waals surface area contributed by atoms with Crippen molar-refractivity contribution in [3.8, 4) is 5.69 Å². The quantitative estimate of drug-likeness (QED) is 0.392. The van der Waals surface area contributed by atoms with Gasteiger partial charge < -0.3 is 18.9 Å². The van der Waals surface area contributed by atoms with E-state index in [9.17, 15) is 14.4 Å². The molecule has 0 bridgehead atoms. The number of ketones is 1. The minimum absolute atomic E-state index is 0.0805. The fraction of sp³-hybridized carbons (Fsp3) is 0.261. The van der Waals surface area contributed by atoms with Gasteiger partial charge in [0, 0.05) is 42.1 Å². The van der Waals surface area contributed by atoms with Gasteiger partial charge in [0.05, 0.1) is 12.7 Å². The Morgan fingerprint density at radius 3 is 2.34 bits per heavy atom. The molecular formula is C23H24N4O5. The lowest BCUT2D eigenvalue weighted by atomic mass is 10.1. The number of carbonyl (C=O) groups excluding carboxylic acids is 3. The molecule has 0 aliphatic carbocycles. The number of ether oxygens (including phenoxy) is 2. The van der Waals surface area contributed by atoms with Crippen LogP contribution in [0.4, 0.5) is 5.95 Å². The van der Waals surface area contributed by atoms with Crippen LogP contribution in [0.3, 0.4) is 0 Å². The highest BCUT2D eigenvalue weighted by atomic mass is 16.5. The smallest absolute Gasteiger partial charge is 0.337 e. The molecule has 0 aliphatic heterocycles. The van der Waals surface area contributed by atoms with Crippen LogP contribution in [-0.4, -0.2) is 59.6 Å². The lowest BCUT2D eigenvalue weighted by molar-refractivity contribution is -0.140. The molecule has 2 aromatic heterocycles. The van der Waals surface area contributed by atoms with Crippen molar-refractivity contribution in [3.63, 3.8) is 0 Å². The molecule has 9 heteroatoms. The van der Waals surface area contributed by atoms with Crippen LogP contribution in [0.1, 0.15) is 32.1 Å². The van der Waals surface area contributed by atoms with Crippen LogP contribution >= 0.6 is 0 Å². The summed E-state index contributed by atoms with van der Waals surface area (Å²) in [7, 11) is 2.99. The molecule has 32 heavy (non-hydrogen) atoms. The second-order valence-electron chi connectivity index (χ2n) is 7.15. The minimum atomic E-state index is -0.555. The van der Waals surface area contributed by atoms with E-state index < -0.39 is 11.9 Å². The number of Topliss-reactive ketones (excluding diaryl/α,β-unsaturated/α-hetero) is 1. The zero-order valence-electron chi connectivity index (χ0n) is 18.4. The Hall–Kier alpha value is -4.01. The Morgan fingerprint density at radius 1 is 1.06 bits per heavy atom. The number of rotatable bonds is 8. The van der Waals surface area contributed by atoms with E-state index in [1.807, 2.05) is 18.4 Å². The van der Waals surface area contributed by atoms with Crippen molar-refractivity contribution in [1.82, 2.24) is 14.5 Å². The maximum absolute atomic E-state index is 12.7. The van der Waals surface area contributed by atoms with Gasteiger partial charge in [-0.25, -0.2) is 14.8 Å². The van der Waals surface area contributed by atoms with Crippen LogP contribution in [0.25, 0.3) is 5.69 Å². The molecule has 0 spiro atoms. The number of esters is 2. The molecule has 166 valence electrons. The average Bonchev–Trinajstić information content (AvgIpc) is 3.11. The Labute approximate surface area is 185 Å². The van der Waals surface area contributed by atoms with E-state index in [0.717, 1.165) is 11.4 Å². The number of anilines is 1. The summed E-state index contributed by atoms with van der Waals surface area (Å²) in [6, 6.07) is 10.3. The maximum atomic E-state index is 12.7. The second-order valence-corrected chi connectivity index (χ2v) is 7.15. The first-order valence-electron chi connectivity index (χ1n) is 9.86. The van der Waals surface area contributed by atoms with Crippen molar-refractivity contribution in [2.24, 2.45) is 0 Å². The Bertz CT molecular complexity index is 1120. The molecule has 0 atom stereocenters. The van der Waals surface area contributed by atoms with Crippen LogP contribution in [0.5, 0.6) is 0 Å². The molecule has 2 heterocycles. The van der Waals surface area contributed by atoms with Gasteiger partial charge in [-0.15, -0.1) is 0 Å². The van der Waals surface area contributed by atoms with Gasteiger partial charge in [-0.1, -0.05) is 0 Å². The highest BCUT2D eigenvalue weighted by Crippen LogP contribution is 2.22. The first-order valence-corrected chi connectivity index (χ1v) is 9.86. The van der Waals surface area contributed by atoms with E-state index in [1.54, 1.807) is 55.8 Å². The Balaban J connectivity index is 1.66. The number of likely N-dealkylation sites (N-methyl/N-ethyl adjacent to an activating group) is 1. The summed E-state index contributed by atoms with van der Waals surface area (Å²) >= 11 is 0. The van der Waals surface area contributed by atoms with Gasteiger partial charge in [0.15, 0.2) is 6.61 Å². The number of aryl methyl sites for hydroxylation is 1. The SMILES string of the molecule is COC(=O)c1ccc(-n2c(C)cc(C(=O)COC(=O)CN(C)c3ncccn3)c2C)cc1. The van der Waals surface area contributed by atoms with Crippen molar-refractivity contribution in [1.29, 1.82) is 0 Å². The molecule has 0 N–H and O–H groups in total. The van der Waals surface area contributed by atoms with Gasteiger partial charge in [0.2, 0.25) is 11.7 Å². The van der Waals surface area contributed by atoms with Crippen LogP contribution < -0.4 is 4.90 Å². The number of carbonyl (C=O) groups is 3. The fourth-order valence-electron chi connectivity index (χ4n) is 3.33. The summed E-state index contributed by atoms with van der Waals surface area (Å²) in [5.74, 6) is -0.889. The molecule has 0 saturated heterocycles. The molecule has 0 radical (unpaired) electrons. The summed E-state index contributed by atoms with van der Waals surface area (Å²) in [6.45, 7) is 3.24. The standard InChI is InChI=1S/C23H24N4O5/c1-15-12-19(16(2)27(15)18-8-6-17(7-9-18)22(30)31-4)20(28)14-32-21(29)13-26(3)23-24-10-5-11-25-23/h5-12H,13-14H2,1-4H3. The number of aromatic nitrogens is 3. The van der Waals surface area contributed by atoms with E-state index in [1.165, 1.54) is 12.0 Å². The molecule has 0 amide bonds. The van der Waals surface area contributed by atoms with Gasteiger partial charge >= 0.3 is 11.9 Å². The van der Waals surface area contributed by atoms with Gasteiger partial charge in [-0.3, -0.25) is 9.59 Å². The van der Waals surface area contributed by atoms with Gasteiger partial charge in [0.25, 0.3) is 0 Å².